The summed E-state index contributed by atoms with van der Waals surface area (Å²) >= 11 is 5.84. The zero-order valence-electron chi connectivity index (χ0n) is 13.4. The molecule has 0 heterocycles. The predicted octanol–water partition coefficient (Wildman–Crippen LogP) is 3.21. The van der Waals surface area contributed by atoms with Crippen molar-refractivity contribution in [2.24, 2.45) is 0 Å². The van der Waals surface area contributed by atoms with E-state index in [1.807, 2.05) is 55.6 Å². The number of benzene rings is 2. The van der Waals surface area contributed by atoms with E-state index in [9.17, 15) is 4.79 Å². The first kappa shape index (κ1) is 17.3. The molecule has 0 aliphatic heterocycles. The van der Waals surface area contributed by atoms with Crippen LogP contribution in [0.25, 0.3) is 0 Å². The molecule has 0 saturated carbocycles. The Bertz CT molecular complexity index is 626. The van der Waals surface area contributed by atoms with E-state index in [2.05, 4.69) is 10.2 Å². The van der Waals surface area contributed by atoms with Crippen LogP contribution >= 0.6 is 11.6 Å². The quantitative estimate of drug-likeness (QED) is 0.846. The highest BCUT2D eigenvalue weighted by atomic mass is 35.5. The summed E-state index contributed by atoms with van der Waals surface area (Å²) < 4.78 is 5.68. The van der Waals surface area contributed by atoms with Gasteiger partial charge in [0.25, 0.3) is 5.91 Å². The number of halogens is 1. The van der Waals surface area contributed by atoms with Gasteiger partial charge in [0.1, 0.15) is 12.4 Å². The molecule has 0 bridgehead atoms. The molecule has 0 atom stereocenters. The van der Waals surface area contributed by atoms with Gasteiger partial charge in [-0.1, -0.05) is 23.7 Å². The van der Waals surface area contributed by atoms with Crippen LogP contribution in [0.1, 0.15) is 15.9 Å². The van der Waals surface area contributed by atoms with Crippen molar-refractivity contribution in [1.82, 2.24) is 10.2 Å². The highest BCUT2D eigenvalue weighted by molar-refractivity contribution is 6.30. The van der Waals surface area contributed by atoms with Crippen molar-refractivity contribution in [3.63, 3.8) is 0 Å². The van der Waals surface area contributed by atoms with Gasteiger partial charge in [-0.3, -0.25) is 9.69 Å². The third-order valence-electron chi connectivity index (χ3n) is 3.45. The molecule has 1 N–H and O–H groups in total. The molecular formula is C18H21ClN2O2. The van der Waals surface area contributed by atoms with E-state index in [0.29, 0.717) is 17.2 Å². The molecule has 2 rings (SSSR count). The molecule has 1 amide bonds. The Morgan fingerprint density at radius 3 is 2.39 bits per heavy atom. The van der Waals surface area contributed by atoms with Crippen LogP contribution in [0.4, 0.5) is 0 Å². The minimum Gasteiger partial charge on any atom is -0.492 e. The van der Waals surface area contributed by atoms with Crippen LogP contribution < -0.4 is 10.1 Å². The Labute approximate surface area is 142 Å². The van der Waals surface area contributed by atoms with Crippen molar-refractivity contribution in [2.75, 3.05) is 27.2 Å². The number of hydrogen-bond donors (Lipinski definition) is 1. The molecule has 4 nitrogen and oxygen atoms in total. The van der Waals surface area contributed by atoms with Crippen molar-refractivity contribution in [3.8, 4) is 5.75 Å². The Kier molecular flexibility index (Phi) is 6.44. The summed E-state index contributed by atoms with van der Waals surface area (Å²) in [6.07, 6.45) is 0. The van der Waals surface area contributed by atoms with E-state index in [1.165, 1.54) is 0 Å². The van der Waals surface area contributed by atoms with Crippen molar-refractivity contribution in [2.45, 2.75) is 6.54 Å². The number of carbonyl (C=O) groups is 1. The standard InChI is InChI=1S/C18H21ClN2O2/c1-20-18(22)15-5-3-14(4-6-15)13-21(2)11-12-23-17-9-7-16(19)8-10-17/h3-10H,11-13H2,1-2H3,(H,20,22). The number of amides is 1. The van der Waals surface area contributed by atoms with Gasteiger partial charge in [-0.05, 0) is 49.0 Å². The highest BCUT2D eigenvalue weighted by Gasteiger charge is 2.04. The summed E-state index contributed by atoms with van der Waals surface area (Å²) in [5.41, 5.74) is 1.83. The van der Waals surface area contributed by atoms with E-state index >= 15 is 0 Å². The molecule has 0 aromatic heterocycles. The predicted molar refractivity (Wildman–Crippen MR) is 93.1 cm³/mol. The van der Waals surface area contributed by atoms with Crippen molar-refractivity contribution >= 4 is 17.5 Å². The maximum absolute atomic E-state index is 11.5. The van der Waals surface area contributed by atoms with Gasteiger partial charge in [0, 0.05) is 30.7 Å². The van der Waals surface area contributed by atoms with Gasteiger partial charge >= 0.3 is 0 Å². The Morgan fingerprint density at radius 1 is 1.13 bits per heavy atom. The number of nitrogens with one attached hydrogen (secondary N) is 1. The molecule has 0 aliphatic carbocycles. The van der Waals surface area contributed by atoms with E-state index in [4.69, 9.17) is 16.3 Å². The zero-order valence-corrected chi connectivity index (χ0v) is 14.1. The number of nitrogens with zero attached hydrogens (tertiary/aromatic N) is 1. The second kappa shape index (κ2) is 8.56. The fraction of sp³-hybridized carbons (Fsp3) is 0.278. The van der Waals surface area contributed by atoms with Gasteiger partial charge in [-0.25, -0.2) is 0 Å². The minimum absolute atomic E-state index is 0.0683. The fourth-order valence-corrected chi connectivity index (χ4v) is 2.27. The molecule has 0 radical (unpaired) electrons. The first-order valence-electron chi connectivity index (χ1n) is 7.46. The van der Waals surface area contributed by atoms with Crippen molar-refractivity contribution in [1.29, 1.82) is 0 Å². The molecular weight excluding hydrogens is 312 g/mol. The Balaban J connectivity index is 1.77. The number of carbonyl (C=O) groups excluding carboxylic acids is 1. The van der Waals surface area contributed by atoms with Crippen LogP contribution in [0.15, 0.2) is 48.5 Å². The van der Waals surface area contributed by atoms with E-state index in [0.717, 1.165) is 24.4 Å². The number of likely N-dealkylation sites (N-methyl/N-ethyl adjacent to an activating group) is 1. The average molecular weight is 333 g/mol. The van der Waals surface area contributed by atoms with Gasteiger partial charge in [0.2, 0.25) is 0 Å². The first-order chi connectivity index (χ1) is 11.1. The zero-order chi connectivity index (χ0) is 16.7. The minimum atomic E-state index is -0.0683. The van der Waals surface area contributed by atoms with E-state index < -0.39 is 0 Å². The normalized spacial score (nSPS) is 10.6. The largest absolute Gasteiger partial charge is 0.492 e. The van der Waals surface area contributed by atoms with Crippen LogP contribution in [-0.4, -0.2) is 38.1 Å². The molecule has 0 saturated heterocycles. The van der Waals surface area contributed by atoms with Gasteiger partial charge < -0.3 is 10.1 Å². The maximum atomic E-state index is 11.5. The third-order valence-corrected chi connectivity index (χ3v) is 3.70. The fourth-order valence-electron chi connectivity index (χ4n) is 2.15. The third kappa shape index (κ3) is 5.58. The molecule has 0 spiro atoms. The Morgan fingerprint density at radius 2 is 1.78 bits per heavy atom. The lowest BCUT2D eigenvalue weighted by Gasteiger charge is -2.17. The van der Waals surface area contributed by atoms with Crippen molar-refractivity contribution < 1.29 is 9.53 Å². The SMILES string of the molecule is CNC(=O)c1ccc(CN(C)CCOc2ccc(Cl)cc2)cc1. The molecule has 23 heavy (non-hydrogen) atoms. The lowest BCUT2D eigenvalue weighted by atomic mass is 10.1. The lowest BCUT2D eigenvalue weighted by Crippen LogP contribution is -2.24. The van der Waals surface area contributed by atoms with Crippen LogP contribution in [0.2, 0.25) is 5.02 Å². The van der Waals surface area contributed by atoms with Gasteiger partial charge in [0.15, 0.2) is 0 Å². The van der Waals surface area contributed by atoms with Crippen molar-refractivity contribution in [3.05, 3.63) is 64.7 Å². The molecule has 122 valence electrons. The molecule has 0 fully saturated rings. The first-order valence-corrected chi connectivity index (χ1v) is 7.84. The number of hydrogen-bond acceptors (Lipinski definition) is 3. The van der Waals surface area contributed by atoms with Gasteiger partial charge in [-0.2, -0.15) is 0 Å². The molecule has 5 heteroatoms. The summed E-state index contributed by atoms with van der Waals surface area (Å²) in [5.74, 6) is 0.749. The monoisotopic (exact) mass is 332 g/mol. The van der Waals surface area contributed by atoms with Gasteiger partial charge in [0.05, 0.1) is 0 Å². The average Bonchev–Trinajstić information content (AvgIpc) is 2.56. The van der Waals surface area contributed by atoms with Crippen LogP contribution in [0.5, 0.6) is 5.75 Å². The second-order valence-electron chi connectivity index (χ2n) is 5.32. The highest BCUT2D eigenvalue weighted by Crippen LogP contribution is 2.15. The number of rotatable bonds is 7. The van der Waals surface area contributed by atoms with E-state index in [-0.39, 0.29) is 5.91 Å². The topological polar surface area (TPSA) is 41.6 Å². The Hall–Kier alpha value is -2.04. The second-order valence-corrected chi connectivity index (χ2v) is 5.75. The number of ether oxygens (including phenoxy) is 1. The molecule has 2 aromatic rings. The molecule has 0 unspecified atom stereocenters. The van der Waals surface area contributed by atoms with Gasteiger partial charge in [-0.15, -0.1) is 0 Å². The lowest BCUT2D eigenvalue weighted by molar-refractivity contribution is 0.0963. The summed E-state index contributed by atoms with van der Waals surface area (Å²) in [4.78, 5) is 13.7. The molecule has 2 aromatic carbocycles. The summed E-state index contributed by atoms with van der Waals surface area (Å²) in [5, 5.41) is 3.32. The van der Waals surface area contributed by atoms with Crippen LogP contribution in [0.3, 0.4) is 0 Å². The van der Waals surface area contributed by atoms with E-state index in [1.54, 1.807) is 7.05 Å². The summed E-state index contributed by atoms with van der Waals surface area (Å²) in [6, 6.07) is 15.0. The van der Waals surface area contributed by atoms with Crippen LogP contribution in [-0.2, 0) is 6.54 Å². The summed E-state index contributed by atoms with van der Waals surface area (Å²) in [7, 11) is 3.67. The van der Waals surface area contributed by atoms with Crippen LogP contribution in [0, 0.1) is 0 Å². The summed E-state index contributed by atoms with van der Waals surface area (Å²) in [6.45, 7) is 2.21. The smallest absolute Gasteiger partial charge is 0.251 e. The maximum Gasteiger partial charge on any atom is 0.251 e. The molecule has 0 aliphatic rings.